The van der Waals surface area contributed by atoms with Gasteiger partial charge >= 0.3 is 0 Å². The van der Waals surface area contributed by atoms with Crippen molar-refractivity contribution in [1.82, 2.24) is 0 Å². The molecule has 1 rings (SSSR count). The Kier molecular flexibility index (Phi) is 5.85. The van der Waals surface area contributed by atoms with E-state index in [-0.39, 0.29) is 6.04 Å². The van der Waals surface area contributed by atoms with Crippen molar-refractivity contribution < 1.29 is 0 Å². The molecular weight excluding hydrogens is 270 g/mol. The second-order valence-electron chi connectivity index (χ2n) is 3.27. The molecule has 0 saturated heterocycles. The lowest BCUT2D eigenvalue weighted by Crippen LogP contribution is -2.22. The summed E-state index contributed by atoms with van der Waals surface area (Å²) in [4.78, 5) is 1.24. The van der Waals surface area contributed by atoms with Gasteiger partial charge in [-0.1, -0.05) is 15.9 Å². The monoisotopic (exact) mass is 283 g/mol. The summed E-state index contributed by atoms with van der Waals surface area (Å²) in [5, 5.41) is 0. The topological polar surface area (TPSA) is 26.0 Å². The maximum absolute atomic E-state index is 5.91. The van der Waals surface area contributed by atoms with E-state index < -0.39 is 0 Å². The highest BCUT2D eigenvalue weighted by Gasteiger charge is 2.02. The van der Waals surface area contributed by atoms with Crippen molar-refractivity contribution >= 4 is 27.7 Å². The number of halogens is 1. The third-order valence-corrected chi connectivity index (χ3v) is 3.67. The Morgan fingerprint density at radius 2 is 2.07 bits per heavy atom. The van der Waals surface area contributed by atoms with Crippen LogP contribution in [-0.4, -0.2) is 11.8 Å². The van der Waals surface area contributed by atoms with Crippen LogP contribution >= 0.6 is 27.7 Å². The summed E-state index contributed by atoms with van der Waals surface area (Å²) in [7, 11) is 0. The van der Waals surface area contributed by atoms with Crippen LogP contribution in [0.3, 0.4) is 0 Å². The van der Waals surface area contributed by atoms with Crippen LogP contribution in [0.5, 0.6) is 0 Å². The summed E-state index contributed by atoms with van der Waals surface area (Å²) in [6, 6.07) is 8.44. The third-order valence-electron chi connectivity index (χ3n) is 1.94. The maximum atomic E-state index is 5.91. The zero-order valence-electron chi connectivity index (χ0n) is 8.45. The minimum atomic E-state index is 0.190. The van der Waals surface area contributed by atoms with Gasteiger partial charge in [-0.15, -0.1) is 24.1 Å². The first-order valence-electron chi connectivity index (χ1n) is 4.80. The van der Waals surface area contributed by atoms with Crippen LogP contribution in [0.2, 0.25) is 0 Å². The van der Waals surface area contributed by atoms with Gasteiger partial charge in [0.2, 0.25) is 0 Å². The van der Waals surface area contributed by atoms with Crippen molar-refractivity contribution in [3.05, 3.63) is 28.7 Å². The van der Waals surface area contributed by atoms with Crippen LogP contribution < -0.4 is 5.73 Å². The Labute approximate surface area is 104 Å². The minimum absolute atomic E-state index is 0.190. The van der Waals surface area contributed by atoms with Gasteiger partial charge in [-0.05, 0) is 30.7 Å². The molecule has 1 aromatic carbocycles. The number of benzene rings is 1. The molecule has 0 saturated carbocycles. The first kappa shape index (κ1) is 12.6. The van der Waals surface area contributed by atoms with Crippen LogP contribution in [0.4, 0.5) is 0 Å². The number of terminal acetylenes is 1. The summed E-state index contributed by atoms with van der Waals surface area (Å²) in [6.07, 6.45) is 6.85. The van der Waals surface area contributed by atoms with E-state index in [4.69, 9.17) is 12.2 Å². The molecule has 0 spiro atoms. The van der Waals surface area contributed by atoms with Gasteiger partial charge in [-0.2, -0.15) is 0 Å². The number of nitrogens with two attached hydrogens (primary N) is 1. The van der Waals surface area contributed by atoms with Gasteiger partial charge in [-0.25, -0.2) is 0 Å². The lowest BCUT2D eigenvalue weighted by Gasteiger charge is -2.09. The molecule has 3 heteroatoms. The second-order valence-corrected chi connectivity index (χ2v) is 5.28. The highest BCUT2D eigenvalue weighted by molar-refractivity contribution is 9.10. The maximum Gasteiger partial charge on any atom is 0.0176 e. The van der Waals surface area contributed by atoms with Gasteiger partial charge in [0.1, 0.15) is 0 Å². The summed E-state index contributed by atoms with van der Waals surface area (Å²) >= 11 is 5.18. The zero-order chi connectivity index (χ0) is 11.1. The van der Waals surface area contributed by atoms with Crippen LogP contribution in [-0.2, 0) is 0 Å². The van der Waals surface area contributed by atoms with Gasteiger partial charge < -0.3 is 5.73 Å². The smallest absolute Gasteiger partial charge is 0.0176 e. The van der Waals surface area contributed by atoms with E-state index in [1.807, 2.05) is 12.1 Å². The normalized spacial score (nSPS) is 12.1. The predicted octanol–water partition coefficient (Wildman–Crippen LogP) is 3.28. The van der Waals surface area contributed by atoms with Crippen molar-refractivity contribution in [2.45, 2.75) is 23.8 Å². The van der Waals surface area contributed by atoms with Crippen molar-refractivity contribution in [3.8, 4) is 12.3 Å². The summed E-state index contributed by atoms with van der Waals surface area (Å²) in [6.45, 7) is 0. The van der Waals surface area contributed by atoms with Crippen molar-refractivity contribution in [2.75, 3.05) is 5.75 Å². The lowest BCUT2D eigenvalue weighted by molar-refractivity contribution is 0.692. The van der Waals surface area contributed by atoms with Gasteiger partial charge in [0.25, 0.3) is 0 Å². The largest absolute Gasteiger partial charge is 0.327 e. The van der Waals surface area contributed by atoms with E-state index in [1.165, 1.54) is 4.90 Å². The first-order chi connectivity index (χ1) is 7.22. The van der Waals surface area contributed by atoms with Gasteiger partial charge in [0.15, 0.2) is 0 Å². The first-order valence-corrected chi connectivity index (χ1v) is 6.57. The molecule has 0 heterocycles. The lowest BCUT2D eigenvalue weighted by atomic mass is 10.2. The molecule has 0 aliphatic heterocycles. The molecule has 1 aromatic rings. The minimum Gasteiger partial charge on any atom is -0.327 e. The zero-order valence-corrected chi connectivity index (χ0v) is 10.9. The third kappa shape index (κ3) is 5.27. The van der Waals surface area contributed by atoms with E-state index in [0.29, 0.717) is 0 Å². The van der Waals surface area contributed by atoms with E-state index in [1.54, 1.807) is 11.8 Å². The fourth-order valence-corrected chi connectivity index (χ4v) is 2.25. The molecule has 0 fully saturated rings. The molecule has 1 unspecified atom stereocenters. The average molecular weight is 284 g/mol. The highest BCUT2D eigenvalue weighted by Crippen LogP contribution is 2.21. The van der Waals surface area contributed by atoms with Gasteiger partial charge in [0, 0.05) is 27.6 Å². The molecule has 80 valence electrons. The summed E-state index contributed by atoms with van der Waals surface area (Å²) in [5.41, 5.74) is 5.91. The number of hydrogen-bond acceptors (Lipinski definition) is 2. The Bertz CT molecular complexity index is 328. The highest BCUT2D eigenvalue weighted by atomic mass is 79.9. The fourth-order valence-electron chi connectivity index (χ4n) is 1.09. The fraction of sp³-hybridized carbons (Fsp3) is 0.333. The van der Waals surface area contributed by atoms with Crippen molar-refractivity contribution in [3.63, 3.8) is 0 Å². The molecule has 1 nitrogen and oxygen atoms in total. The summed E-state index contributed by atoms with van der Waals surface area (Å²) in [5.74, 6) is 3.53. The molecule has 0 bridgehead atoms. The Balaban J connectivity index is 2.31. The molecule has 0 aliphatic carbocycles. The average Bonchev–Trinajstić information content (AvgIpc) is 2.25. The molecular formula is C12H14BrNS. The van der Waals surface area contributed by atoms with Crippen molar-refractivity contribution in [2.24, 2.45) is 5.73 Å². The quantitative estimate of drug-likeness (QED) is 0.663. The SMILES string of the molecule is C#CCCC(N)CSc1ccc(Br)cc1. The molecule has 1 atom stereocenters. The van der Waals surface area contributed by atoms with E-state index >= 15 is 0 Å². The Hall–Kier alpha value is -0.430. The van der Waals surface area contributed by atoms with Gasteiger partial charge in [0.05, 0.1) is 0 Å². The molecule has 0 radical (unpaired) electrons. The Morgan fingerprint density at radius 1 is 1.40 bits per heavy atom. The van der Waals surface area contributed by atoms with Crippen LogP contribution in [0.25, 0.3) is 0 Å². The molecule has 2 N–H and O–H groups in total. The molecule has 0 amide bonds. The number of rotatable bonds is 5. The van der Waals surface area contributed by atoms with E-state index in [0.717, 1.165) is 23.1 Å². The van der Waals surface area contributed by atoms with Crippen LogP contribution in [0, 0.1) is 12.3 Å². The van der Waals surface area contributed by atoms with E-state index in [2.05, 4.69) is 34.0 Å². The predicted molar refractivity (Wildman–Crippen MR) is 70.9 cm³/mol. The standard InChI is InChI=1S/C12H14BrNS/c1-2-3-4-11(14)9-15-12-7-5-10(13)6-8-12/h1,5-8,11H,3-4,9,14H2. The van der Waals surface area contributed by atoms with Crippen LogP contribution in [0.1, 0.15) is 12.8 Å². The van der Waals surface area contributed by atoms with Gasteiger partial charge in [-0.3, -0.25) is 0 Å². The number of thioether (sulfide) groups is 1. The van der Waals surface area contributed by atoms with E-state index in [9.17, 15) is 0 Å². The van der Waals surface area contributed by atoms with Crippen LogP contribution in [0.15, 0.2) is 33.6 Å². The van der Waals surface area contributed by atoms with Crippen molar-refractivity contribution in [1.29, 1.82) is 0 Å². The number of hydrogen-bond donors (Lipinski definition) is 1. The second kappa shape index (κ2) is 6.95. The summed E-state index contributed by atoms with van der Waals surface area (Å²) < 4.78 is 1.10. The molecule has 0 aromatic heterocycles. The Morgan fingerprint density at radius 3 is 2.67 bits per heavy atom. The molecule has 0 aliphatic rings. The molecule has 15 heavy (non-hydrogen) atoms.